The molecular weight excluding hydrogens is 330 g/mol. The van der Waals surface area contributed by atoms with Crippen LogP contribution in [0.3, 0.4) is 0 Å². The van der Waals surface area contributed by atoms with E-state index in [-0.39, 0.29) is 36.3 Å². The van der Waals surface area contributed by atoms with Crippen LogP contribution in [0.5, 0.6) is 0 Å². The molecule has 0 bridgehead atoms. The van der Waals surface area contributed by atoms with Gasteiger partial charge in [0.05, 0.1) is 23.2 Å². The predicted molar refractivity (Wildman–Crippen MR) is 87.3 cm³/mol. The first kappa shape index (κ1) is 16.6. The Kier molecular flexibility index (Phi) is 4.66. The van der Waals surface area contributed by atoms with Crippen LogP contribution in [-0.2, 0) is 14.8 Å². The second-order valence-corrected chi connectivity index (χ2v) is 7.40. The van der Waals surface area contributed by atoms with E-state index < -0.39 is 16.0 Å². The van der Waals surface area contributed by atoms with Crippen LogP contribution in [0.4, 0.5) is 0 Å². The average Bonchev–Trinajstić information content (AvgIpc) is 2.62. The molecule has 1 unspecified atom stereocenters. The number of rotatable bonds is 4. The third kappa shape index (κ3) is 3.33. The zero-order chi connectivity index (χ0) is 17.2. The van der Waals surface area contributed by atoms with Gasteiger partial charge in [-0.05, 0) is 23.8 Å². The number of hydrogen-bond donors (Lipinski definition) is 1. The monoisotopic (exact) mass is 347 g/mol. The van der Waals surface area contributed by atoms with E-state index in [1.165, 1.54) is 28.6 Å². The van der Waals surface area contributed by atoms with Crippen molar-refractivity contribution in [1.82, 2.24) is 4.31 Å². The zero-order valence-electron chi connectivity index (χ0n) is 12.8. The van der Waals surface area contributed by atoms with E-state index in [4.69, 9.17) is 9.84 Å². The number of sulfonamides is 1. The van der Waals surface area contributed by atoms with Gasteiger partial charge in [-0.25, -0.2) is 13.2 Å². The lowest BCUT2D eigenvalue weighted by molar-refractivity contribution is -0.00255. The summed E-state index contributed by atoms with van der Waals surface area (Å²) >= 11 is 0. The first-order chi connectivity index (χ1) is 11.5. The Bertz CT molecular complexity index is 835. The largest absolute Gasteiger partial charge is 0.478 e. The average molecular weight is 347 g/mol. The molecule has 24 heavy (non-hydrogen) atoms. The molecule has 1 saturated heterocycles. The number of morpholine rings is 1. The summed E-state index contributed by atoms with van der Waals surface area (Å²) in [6.07, 6.45) is -0.336. The van der Waals surface area contributed by atoms with Crippen LogP contribution in [0.25, 0.3) is 0 Å². The fourth-order valence-electron chi connectivity index (χ4n) is 2.65. The van der Waals surface area contributed by atoms with E-state index in [0.717, 1.165) is 5.56 Å². The molecule has 1 aliphatic rings. The van der Waals surface area contributed by atoms with Crippen molar-refractivity contribution in [2.75, 3.05) is 19.7 Å². The molecule has 1 fully saturated rings. The number of ether oxygens (including phenoxy) is 1. The van der Waals surface area contributed by atoms with Crippen LogP contribution in [0.2, 0.25) is 0 Å². The highest BCUT2D eigenvalue weighted by atomic mass is 32.2. The third-order valence-corrected chi connectivity index (χ3v) is 5.78. The molecule has 0 radical (unpaired) electrons. The highest BCUT2D eigenvalue weighted by molar-refractivity contribution is 7.89. The molecule has 7 heteroatoms. The Balaban J connectivity index is 1.87. The van der Waals surface area contributed by atoms with Crippen LogP contribution < -0.4 is 0 Å². The molecule has 2 aromatic carbocycles. The number of carboxylic acid groups (broad SMARTS) is 1. The topological polar surface area (TPSA) is 83.9 Å². The van der Waals surface area contributed by atoms with Crippen molar-refractivity contribution in [3.8, 4) is 0 Å². The SMILES string of the molecule is O=C(O)c1cccc(S(=O)(=O)N2CCOC(c3ccccc3)C2)c1. The van der Waals surface area contributed by atoms with Gasteiger partial charge in [-0.15, -0.1) is 0 Å². The quantitative estimate of drug-likeness (QED) is 0.916. The van der Waals surface area contributed by atoms with Gasteiger partial charge >= 0.3 is 5.97 Å². The molecule has 0 amide bonds. The van der Waals surface area contributed by atoms with Crippen molar-refractivity contribution in [2.45, 2.75) is 11.0 Å². The molecule has 2 aromatic rings. The Labute approximate surface area is 140 Å². The van der Waals surface area contributed by atoms with Gasteiger partial charge in [-0.1, -0.05) is 36.4 Å². The van der Waals surface area contributed by atoms with Crippen LogP contribution in [0.1, 0.15) is 22.0 Å². The van der Waals surface area contributed by atoms with Gasteiger partial charge < -0.3 is 9.84 Å². The van der Waals surface area contributed by atoms with E-state index in [9.17, 15) is 13.2 Å². The van der Waals surface area contributed by atoms with Crippen molar-refractivity contribution in [2.24, 2.45) is 0 Å². The summed E-state index contributed by atoms with van der Waals surface area (Å²) in [6.45, 7) is 0.726. The van der Waals surface area contributed by atoms with Gasteiger partial charge in [-0.2, -0.15) is 4.31 Å². The number of benzene rings is 2. The Morgan fingerprint density at radius 1 is 1.12 bits per heavy atom. The lowest BCUT2D eigenvalue weighted by atomic mass is 10.1. The van der Waals surface area contributed by atoms with E-state index in [2.05, 4.69) is 0 Å². The summed E-state index contributed by atoms with van der Waals surface area (Å²) < 4.78 is 32.7. The van der Waals surface area contributed by atoms with Gasteiger partial charge in [0.1, 0.15) is 0 Å². The summed E-state index contributed by atoms with van der Waals surface area (Å²) in [4.78, 5) is 11.0. The zero-order valence-corrected chi connectivity index (χ0v) is 13.6. The second-order valence-electron chi connectivity index (χ2n) is 5.47. The molecule has 6 nitrogen and oxygen atoms in total. The molecule has 1 atom stereocenters. The minimum absolute atomic E-state index is 0.0175. The summed E-state index contributed by atoms with van der Waals surface area (Å²) in [5, 5.41) is 9.05. The van der Waals surface area contributed by atoms with Crippen molar-refractivity contribution < 1.29 is 23.1 Å². The van der Waals surface area contributed by atoms with Crippen LogP contribution in [0.15, 0.2) is 59.5 Å². The maximum atomic E-state index is 12.8. The minimum atomic E-state index is -3.77. The fourth-order valence-corrected chi connectivity index (χ4v) is 4.12. The van der Waals surface area contributed by atoms with Gasteiger partial charge in [0, 0.05) is 13.1 Å². The van der Waals surface area contributed by atoms with Crippen molar-refractivity contribution in [3.63, 3.8) is 0 Å². The van der Waals surface area contributed by atoms with Crippen LogP contribution in [0, 0.1) is 0 Å². The summed E-state index contributed by atoms with van der Waals surface area (Å²) in [7, 11) is -3.77. The Morgan fingerprint density at radius 3 is 2.58 bits per heavy atom. The van der Waals surface area contributed by atoms with Gasteiger partial charge in [0.25, 0.3) is 0 Å². The van der Waals surface area contributed by atoms with E-state index in [0.29, 0.717) is 0 Å². The van der Waals surface area contributed by atoms with E-state index in [1.54, 1.807) is 0 Å². The second kappa shape index (κ2) is 6.72. The number of hydrogen-bond acceptors (Lipinski definition) is 4. The van der Waals surface area contributed by atoms with Crippen molar-refractivity contribution in [3.05, 3.63) is 65.7 Å². The van der Waals surface area contributed by atoms with E-state index >= 15 is 0 Å². The Hall–Kier alpha value is -2.22. The van der Waals surface area contributed by atoms with Gasteiger partial charge in [-0.3, -0.25) is 0 Å². The van der Waals surface area contributed by atoms with Gasteiger partial charge in [0.2, 0.25) is 10.0 Å². The smallest absolute Gasteiger partial charge is 0.335 e. The molecule has 0 aliphatic carbocycles. The number of carbonyl (C=O) groups is 1. The van der Waals surface area contributed by atoms with Crippen LogP contribution >= 0.6 is 0 Å². The summed E-state index contributed by atoms with van der Waals surface area (Å²) in [5.74, 6) is -1.16. The number of carboxylic acids is 1. The lowest BCUT2D eigenvalue weighted by Crippen LogP contribution is -2.42. The standard InChI is InChI=1S/C17H17NO5S/c19-17(20)14-7-4-8-15(11-14)24(21,22)18-9-10-23-16(12-18)13-5-2-1-3-6-13/h1-8,11,16H,9-10,12H2,(H,19,20). The first-order valence-electron chi connectivity index (χ1n) is 7.48. The minimum Gasteiger partial charge on any atom is -0.478 e. The molecule has 0 aromatic heterocycles. The molecule has 0 saturated carbocycles. The normalized spacial score (nSPS) is 19.1. The molecular formula is C17H17NO5S. The molecule has 126 valence electrons. The third-order valence-electron chi connectivity index (χ3n) is 3.92. The predicted octanol–water partition coefficient (Wildman–Crippen LogP) is 2.15. The maximum Gasteiger partial charge on any atom is 0.335 e. The summed E-state index contributed by atoms with van der Waals surface area (Å²) in [6, 6.07) is 14.8. The molecule has 3 rings (SSSR count). The maximum absolute atomic E-state index is 12.8. The summed E-state index contributed by atoms with van der Waals surface area (Å²) in [5.41, 5.74) is 0.862. The lowest BCUT2D eigenvalue weighted by Gasteiger charge is -2.32. The number of aromatic carboxylic acids is 1. The molecule has 0 spiro atoms. The Morgan fingerprint density at radius 2 is 1.88 bits per heavy atom. The fraction of sp³-hybridized carbons (Fsp3) is 0.235. The van der Waals surface area contributed by atoms with Crippen molar-refractivity contribution in [1.29, 1.82) is 0 Å². The first-order valence-corrected chi connectivity index (χ1v) is 8.92. The van der Waals surface area contributed by atoms with Crippen molar-refractivity contribution >= 4 is 16.0 Å². The highest BCUT2D eigenvalue weighted by Crippen LogP contribution is 2.26. The molecule has 1 heterocycles. The number of nitrogens with zero attached hydrogens (tertiary/aromatic N) is 1. The highest BCUT2D eigenvalue weighted by Gasteiger charge is 2.31. The van der Waals surface area contributed by atoms with Crippen LogP contribution in [-0.4, -0.2) is 43.5 Å². The molecule has 1 N–H and O–H groups in total. The molecule has 1 aliphatic heterocycles. The van der Waals surface area contributed by atoms with Gasteiger partial charge in [0.15, 0.2) is 0 Å². The van der Waals surface area contributed by atoms with E-state index in [1.807, 2.05) is 30.3 Å².